The molecule has 4 fully saturated rings. The molecular weight excluding hydrogens is 320 g/mol. The molecule has 0 saturated heterocycles. The summed E-state index contributed by atoms with van der Waals surface area (Å²) < 4.78 is 5.22. The highest BCUT2D eigenvalue weighted by molar-refractivity contribution is 5.93. The molecule has 1 amide bonds. The summed E-state index contributed by atoms with van der Waals surface area (Å²) in [6.07, 6.45) is 7.06. The van der Waals surface area contributed by atoms with Gasteiger partial charge in [-0.2, -0.15) is 0 Å². The van der Waals surface area contributed by atoms with Crippen LogP contribution < -0.4 is 9.64 Å². The van der Waals surface area contributed by atoms with Gasteiger partial charge >= 0.3 is 5.69 Å². The number of hydrogen-bond donors (Lipinski definition) is 0. The van der Waals surface area contributed by atoms with Gasteiger partial charge in [0.1, 0.15) is 0 Å². The third kappa shape index (κ3) is 2.58. The second-order valence-corrected chi connectivity index (χ2v) is 8.11. The van der Waals surface area contributed by atoms with E-state index in [0.29, 0.717) is 17.8 Å². The van der Waals surface area contributed by atoms with Crippen molar-refractivity contribution in [2.45, 2.75) is 51.0 Å². The fourth-order valence-corrected chi connectivity index (χ4v) is 6.08. The number of anilines is 1. The van der Waals surface area contributed by atoms with E-state index in [-0.39, 0.29) is 22.9 Å². The number of ether oxygens (including phenoxy) is 1. The first-order valence-corrected chi connectivity index (χ1v) is 9.05. The van der Waals surface area contributed by atoms with Crippen molar-refractivity contribution in [1.82, 2.24) is 0 Å². The Kier molecular flexibility index (Phi) is 3.74. The minimum atomic E-state index is -0.453. The van der Waals surface area contributed by atoms with Gasteiger partial charge in [-0.1, -0.05) is 0 Å². The minimum absolute atomic E-state index is 0.0119. The average Bonchev–Trinajstić information content (AvgIpc) is 2.52. The fourth-order valence-electron chi connectivity index (χ4n) is 6.08. The number of hydrogen-bond acceptors (Lipinski definition) is 4. The molecular formula is C19H24N2O4. The van der Waals surface area contributed by atoms with Gasteiger partial charge < -0.3 is 9.64 Å². The molecule has 1 aromatic carbocycles. The molecule has 0 N–H and O–H groups in total. The molecule has 0 atom stereocenters. The molecule has 4 aliphatic rings. The lowest BCUT2D eigenvalue weighted by Crippen LogP contribution is -2.61. The van der Waals surface area contributed by atoms with Crippen LogP contribution in [0.4, 0.5) is 11.4 Å². The molecule has 4 aliphatic carbocycles. The molecule has 4 bridgehead atoms. The summed E-state index contributed by atoms with van der Waals surface area (Å²) in [6.45, 7) is 1.60. The number of carbonyl (C=O) groups excluding carboxylic acids is 1. The highest BCUT2D eigenvalue weighted by Gasteiger charge is 2.54. The molecule has 1 aromatic rings. The second-order valence-electron chi connectivity index (χ2n) is 8.11. The van der Waals surface area contributed by atoms with Crippen LogP contribution in [0, 0.1) is 27.9 Å². The van der Waals surface area contributed by atoms with E-state index in [1.807, 2.05) is 4.90 Å². The van der Waals surface area contributed by atoms with E-state index in [0.717, 1.165) is 24.9 Å². The highest BCUT2D eigenvalue weighted by atomic mass is 16.6. The van der Waals surface area contributed by atoms with Crippen molar-refractivity contribution < 1.29 is 14.5 Å². The topological polar surface area (TPSA) is 72.7 Å². The number of methoxy groups -OCH3 is 1. The normalized spacial score (nSPS) is 32.5. The maximum Gasteiger partial charge on any atom is 0.311 e. The van der Waals surface area contributed by atoms with Crippen LogP contribution in [0.1, 0.15) is 45.4 Å². The van der Waals surface area contributed by atoms with Crippen LogP contribution in [0.3, 0.4) is 0 Å². The number of rotatable bonds is 4. The first-order valence-electron chi connectivity index (χ1n) is 9.05. The number of nitro groups is 1. The monoisotopic (exact) mass is 344 g/mol. The van der Waals surface area contributed by atoms with E-state index in [4.69, 9.17) is 4.74 Å². The van der Waals surface area contributed by atoms with Gasteiger partial charge in [0.2, 0.25) is 5.91 Å². The van der Waals surface area contributed by atoms with Gasteiger partial charge in [-0.25, -0.2) is 0 Å². The summed E-state index contributed by atoms with van der Waals surface area (Å²) in [7, 11) is 1.43. The Morgan fingerprint density at radius 2 is 1.76 bits per heavy atom. The second kappa shape index (κ2) is 5.71. The number of amides is 1. The lowest BCUT2D eigenvalue weighted by Gasteiger charge is -2.60. The predicted octanol–water partition coefficient (Wildman–Crippen LogP) is 3.93. The first kappa shape index (κ1) is 16.4. The fraction of sp³-hybridized carbons (Fsp3) is 0.632. The van der Waals surface area contributed by atoms with Crippen molar-refractivity contribution in [3.8, 4) is 5.75 Å². The smallest absolute Gasteiger partial charge is 0.311 e. The molecule has 134 valence electrons. The van der Waals surface area contributed by atoms with Crippen molar-refractivity contribution in [3.63, 3.8) is 0 Å². The zero-order valence-electron chi connectivity index (χ0n) is 14.7. The van der Waals surface area contributed by atoms with E-state index in [2.05, 4.69) is 0 Å². The summed E-state index contributed by atoms with van der Waals surface area (Å²) >= 11 is 0. The summed E-state index contributed by atoms with van der Waals surface area (Å²) in [5.41, 5.74) is 0.527. The summed E-state index contributed by atoms with van der Waals surface area (Å²) in [6, 6.07) is 4.80. The van der Waals surface area contributed by atoms with Gasteiger partial charge in [0.05, 0.1) is 12.0 Å². The Hall–Kier alpha value is -2.11. The Labute approximate surface area is 147 Å². The average molecular weight is 344 g/mol. The minimum Gasteiger partial charge on any atom is -0.490 e. The van der Waals surface area contributed by atoms with E-state index < -0.39 is 4.92 Å². The van der Waals surface area contributed by atoms with Crippen molar-refractivity contribution in [2.75, 3.05) is 12.0 Å². The molecule has 0 unspecified atom stereocenters. The molecule has 5 rings (SSSR count). The van der Waals surface area contributed by atoms with Crippen LogP contribution in [0.25, 0.3) is 0 Å². The molecule has 0 radical (unpaired) electrons. The van der Waals surface area contributed by atoms with Crippen molar-refractivity contribution in [3.05, 3.63) is 28.3 Å². The zero-order valence-corrected chi connectivity index (χ0v) is 14.7. The molecule has 6 heteroatoms. The number of benzene rings is 1. The van der Waals surface area contributed by atoms with E-state index in [1.165, 1.54) is 32.4 Å². The van der Waals surface area contributed by atoms with Crippen LogP contribution in [-0.4, -0.2) is 23.5 Å². The summed E-state index contributed by atoms with van der Waals surface area (Å²) in [5, 5.41) is 11.2. The maximum atomic E-state index is 12.6. The van der Waals surface area contributed by atoms with Crippen LogP contribution >= 0.6 is 0 Å². The Bertz CT molecular complexity index is 695. The van der Waals surface area contributed by atoms with Crippen LogP contribution in [0.15, 0.2) is 18.2 Å². The van der Waals surface area contributed by atoms with Crippen molar-refractivity contribution in [2.24, 2.45) is 17.8 Å². The Morgan fingerprint density at radius 3 is 2.20 bits per heavy atom. The van der Waals surface area contributed by atoms with E-state index in [9.17, 15) is 14.9 Å². The van der Waals surface area contributed by atoms with Crippen molar-refractivity contribution in [1.29, 1.82) is 0 Å². The van der Waals surface area contributed by atoms with Gasteiger partial charge in [0.15, 0.2) is 5.75 Å². The predicted molar refractivity (Wildman–Crippen MR) is 93.7 cm³/mol. The molecule has 0 aliphatic heterocycles. The SMILES string of the molecule is COc1cc(N(C(C)=O)C23CC4CC(CC(C4)C2)C3)ccc1[N+](=O)[O-]. The number of nitrogens with zero attached hydrogens (tertiary/aromatic N) is 2. The lowest BCUT2D eigenvalue weighted by molar-refractivity contribution is -0.385. The third-order valence-electron chi connectivity index (χ3n) is 6.41. The Balaban J connectivity index is 1.75. The molecule has 4 saturated carbocycles. The van der Waals surface area contributed by atoms with Crippen LogP contribution in [-0.2, 0) is 4.79 Å². The first-order chi connectivity index (χ1) is 11.9. The van der Waals surface area contributed by atoms with Gasteiger partial charge in [0, 0.05) is 30.3 Å². The van der Waals surface area contributed by atoms with E-state index in [1.54, 1.807) is 19.1 Å². The lowest BCUT2D eigenvalue weighted by atomic mass is 9.52. The van der Waals surface area contributed by atoms with E-state index >= 15 is 0 Å². The summed E-state index contributed by atoms with van der Waals surface area (Å²) in [4.78, 5) is 25.3. The zero-order chi connectivity index (χ0) is 17.8. The molecule has 0 spiro atoms. The third-order valence-corrected chi connectivity index (χ3v) is 6.41. The van der Waals surface area contributed by atoms with Gasteiger partial charge in [0.25, 0.3) is 0 Å². The standard InChI is InChI=1S/C19H24N2O4/c1-12(22)20(16-3-4-17(21(23)24)18(8-16)25-2)19-9-13-5-14(10-19)7-15(6-13)11-19/h3-4,8,13-15H,5-7,9-11H2,1-2H3. The molecule has 0 aromatic heterocycles. The number of nitro benzene ring substituents is 1. The summed E-state index contributed by atoms with van der Waals surface area (Å²) in [5.74, 6) is 2.37. The number of carbonyl (C=O) groups is 1. The highest BCUT2D eigenvalue weighted by Crippen LogP contribution is 2.58. The van der Waals surface area contributed by atoms with Gasteiger partial charge in [-0.3, -0.25) is 14.9 Å². The van der Waals surface area contributed by atoms with Crippen LogP contribution in [0.5, 0.6) is 5.75 Å². The quantitative estimate of drug-likeness (QED) is 0.613. The van der Waals surface area contributed by atoms with Crippen LogP contribution in [0.2, 0.25) is 0 Å². The molecule has 6 nitrogen and oxygen atoms in total. The van der Waals surface area contributed by atoms with Gasteiger partial charge in [-0.05, 0) is 62.3 Å². The van der Waals surface area contributed by atoms with Crippen molar-refractivity contribution >= 4 is 17.3 Å². The molecule has 25 heavy (non-hydrogen) atoms. The Morgan fingerprint density at radius 1 is 1.20 bits per heavy atom. The maximum absolute atomic E-state index is 12.6. The largest absolute Gasteiger partial charge is 0.490 e. The molecule has 0 heterocycles. The van der Waals surface area contributed by atoms with Gasteiger partial charge in [-0.15, -0.1) is 0 Å².